The van der Waals surface area contributed by atoms with E-state index in [9.17, 15) is 28.8 Å². The Morgan fingerprint density at radius 2 is 0.838 bits per heavy atom. The van der Waals surface area contributed by atoms with Gasteiger partial charge in [0.15, 0.2) is 0 Å². The number of fused-ring (bicyclic) bond motifs is 3. The zero-order valence-electron chi connectivity index (χ0n) is 38.1. The van der Waals surface area contributed by atoms with Crippen LogP contribution in [0.3, 0.4) is 0 Å². The van der Waals surface area contributed by atoms with E-state index in [4.69, 9.17) is 56.8 Å². The van der Waals surface area contributed by atoms with E-state index in [0.29, 0.717) is 30.5 Å². The first kappa shape index (κ1) is 53.2. The molecule has 0 fully saturated rings. The van der Waals surface area contributed by atoms with Crippen LogP contribution in [0.5, 0.6) is 23.0 Å². The lowest BCUT2D eigenvalue weighted by molar-refractivity contribution is -0.140. The van der Waals surface area contributed by atoms with Crippen LogP contribution in [0.2, 0.25) is 0 Å². The van der Waals surface area contributed by atoms with Crippen molar-refractivity contribution < 1.29 is 85.6 Å². The predicted molar refractivity (Wildman–Crippen MR) is 243 cm³/mol. The van der Waals surface area contributed by atoms with Gasteiger partial charge in [-0.25, -0.2) is 24.0 Å². The summed E-state index contributed by atoms with van der Waals surface area (Å²) in [5, 5.41) is 0. The van der Waals surface area contributed by atoms with Crippen LogP contribution in [0.1, 0.15) is 46.8 Å². The molecule has 0 N–H and O–H groups in total. The Hall–Kier alpha value is -7.38. The molecule has 0 spiro atoms. The van der Waals surface area contributed by atoms with Crippen molar-refractivity contribution in [2.45, 2.75) is 26.7 Å². The number of rotatable bonds is 25. The molecule has 0 heterocycles. The number of aryl methyl sites for hydroxylation is 1. The summed E-state index contributed by atoms with van der Waals surface area (Å²) in [5.74, 6) is -0.447. The molecule has 0 aromatic heterocycles. The van der Waals surface area contributed by atoms with E-state index in [1.165, 1.54) is 31.2 Å². The van der Waals surface area contributed by atoms with Crippen LogP contribution in [0.15, 0.2) is 110 Å². The van der Waals surface area contributed by atoms with Gasteiger partial charge in [0.1, 0.15) is 49.4 Å². The maximum Gasteiger partial charge on any atom is 0.513 e. The minimum atomic E-state index is -0.919. The van der Waals surface area contributed by atoms with Gasteiger partial charge in [-0.1, -0.05) is 49.9 Å². The van der Waals surface area contributed by atoms with Gasteiger partial charge >= 0.3 is 36.2 Å². The highest BCUT2D eigenvalue weighted by Crippen LogP contribution is 2.47. The molecule has 0 bridgehead atoms. The molecule has 68 heavy (non-hydrogen) atoms. The maximum absolute atomic E-state index is 12.8. The third-order valence-corrected chi connectivity index (χ3v) is 9.17. The summed E-state index contributed by atoms with van der Waals surface area (Å²) in [6.07, 6.45) is 0.468. The predicted octanol–water partition coefficient (Wildman–Crippen LogP) is 7.51. The highest BCUT2D eigenvalue weighted by molar-refractivity contribution is 5.91. The summed E-state index contributed by atoms with van der Waals surface area (Å²) in [7, 11) is 0. The van der Waals surface area contributed by atoms with Crippen molar-refractivity contribution >= 4 is 36.2 Å². The topological polar surface area (TPSA) is 213 Å². The molecule has 18 nitrogen and oxygen atoms in total. The molecular formula is C50H54O18. The van der Waals surface area contributed by atoms with Crippen LogP contribution in [0.4, 0.5) is 9.59 Å². The Morgan fingerprint density at radius 1 is 0.471 bits per heavy atom. The Labute approximate surface area is 393 Å². The van der Waals surface area contributed by atoms with Crippen molar-refractivity contribution in [1.82, 2.24) is 0 Å². The van der Waals surface area contributed by atoms with Crippen molar-refractivity contribution in [1.29, 1.82) is 0 Å². The van der Waals surface area contributed by atoms with Crippen LogP contribution < -0.4 is 18.9 Å². The number of hydrogen-bond acceptors (Lipinski definition) is 18. The number of benzene rings is 4. The molecule has 0 saturated carbocycles. The molecule has 0 amide bonds. The molecule has 18 heteroatoms. The third-order valence-electron chi connectivity index (χ3n) is 9.17. The number of hydrogen-bond donors (Lipinski definition) is 0. The normalized spacial score (nSPS) is 11.8. The van der Waals surface area contributed by atoms with Crippen LogP contribution in [0.25, 0.3) is 11.1 Å². The van der Waals surface area contributed by atoms with Gasteiger partial charge in [0.25, 0.3) is 0 Å². The second-order valence-corrected chi connectivity index (χ2v) is 14.1. The lowest BCUT2D eigenvalue weighted by atomic mass is 9.99. The number of esters is 4. The van der Waals surface area contributed by atoms with E-state index in [-0.39, 0.29) is 89.3 Å². The molecule has 4 aromatic carbocycles. The average molecular weight is 943 g/mol. The lowest BCUT2D eigenvalue weighted by Gasteiger charge is -2.10. The standard InChI is InChI=1S/C33H32O11.C17H22O7/c1-4-31(35)40-17-15-38-13-14-39-16-18-41-33(37)44-24-7-5-23(6-8-24)32(36)43-26-10-12-28-27-11-9-25(42-22(3)34)19-29(27)21(2)30(28)20-26;1-3-16(18)22-12-10-20-8-9-21-11-13-23-17(19)24-15-6-4-14(2)5-7-15/h4-12,19-21H,1,13-18H2,2-3H3;3-7H,1,8-13H2,2H3. The van der Waals surface area contributed by atoms with Crippen molar-refractivity contribution in [2.75, 3.05) is 79.3 Å². The Bertz CT molecular complexity index is 2300. The molecule has 1 aliphatic carbocycles. The van der Waals surface area contributed by atoms with Crippen molar-refractivity contribution in [3.63, 3.8) is 0 Å². The molecular weight excluding hydrogens is 889 g/mol. The highest BCUT2D eigenvalue weighted by atomic mass is 16.7. The van der Waals surface area contributed by atoms with Crippen molar-refractivity contribution in [3.8, 4) is 34.1 Å². The highest BCUT2D eigenvalue weighted by Gasteiger charge is 2.27. The lowest BCUT2D eigenvalue weighted by Crippen LogP contribution is -2.16. The first-order valence-electron chi connectivity index (χ1n) is 21.3. The second-order valence-electron chi connectivity index (χ2n) is 14.1. The molecule has 1 aliphatic rings. The fourth-order valence-corrected chi connectivity index (χ4v) is 5.96. The molecule has 0 saturated heterocycles. The van der Waals surface area contributed by atoms with Crippen LogP contribution in [-0.4, -0.2) is 115 Å². The summed E-state index contributed by atoms with van der Waals surface area (Å²) in [6, 6.07) is 23.9. The Balaban J connectivity index is 0.000000356. The molecule has 1 unspecified atom stereocenters. The molecule has 4 aromatic rings. The summed E-state index contributed by atoms with van der Waals surface area (Å²) >= 11 is 0. The van der Waals surface area contributed by atoms with Gasteiger partial charge in [-0.2, -0.15) is 0 Å². The van der Waals surface area contributed by atoms with Gasteiger partial charge in [0, 0.05) is 25.0 Å². The van der Waals surface area contributed by atoms with Gasteiger partial charge in [-0.05, 0) is 89.8 Å². The summed E-state index contributed by atoms with van der Waals surface area (Å²) in [6.45, 7) is 14.4. The monoisotopic (exact) mass is 942 g/mol. The largest absolute Gasteiger partial charge is 0.513 e. The van der Waals surface area contributed by atoms with Gasteiger partial charge in [-0.15, -0.1) is 0 Å². The maximum atomic E-state index is 12.8. The SMILES string of the molecule is C=CC(=O)OCCOCCOCCOC(=O)Oc1ccc(C(=O)Oc2ccc3c(c2)C(C)c2cc(OC(C)=O)ccc2-3)cc1.C=CC(=O)OCCOCCOCCOC(=O)Oc1ccc(C)cc1. The number of ether oxygens (including phenoxy) is 12. The number of carbonyl (C=O) groups excluding carboxylic acids is 6. The van der Waals surface area contributed by atoms with Crippen molar-refractivity contribution in [3.05, 3.63) is 132 Å². The number of carbonyl (C=O) groups is 6. The summed E-state index contributed by atoms with van der Waals surface area (Å²) < 4.78 is 61.2. The van der Waals surface area contributed by atoms with Gasteiger partial charge < -0.3 is 56.8 Å². The minimum Gasteiger partial charge on any atom is -0.460 e. The van der Waals surface area contributed by atoms with E-state index >= 15 is 0 Å². The molecule has 0 aliphatic heterocycles. The first-order chi connectivity index (χ1) is 32.9. The summed E-state index contributed by atoms with van der Waals surface area (Å²) in [5.41, 5.74) is 5.42. The minimum absolute atomic E-state index is 0.0120. The van der Waals surface area contributed by atoms with E-state index in [2.05, 4.69) is 13.2 Å². The van der Waals surface area contributed by atoms with Gasteiger partial charge in [0.05, 0.1) is 58.4 Å². The molecule has 1 atom stereocenters. The quantitative estimate of drug-likeness (QED) is 0.0157. The Kier molecular flexibility index (Phi) is 22.9. The Morgan fingerprint density at radius 3 is 1.25 bits per heavy atom. The fraction of sp³-hybridized carbons (Fsp3) is 0.320. The van der Waals surface area contributed by atoms with Gasteiger partial charge in [-0.3, -0.25) is 4.79 Å². The molecule has 362 valence electrons. The van der Waals surface area contributed by atoms with E-state index < -0.39 is 30.2 Å². The average Bonchev–Trinajstić information content (AvgIpc) is 3.60. The smallest absolute Gasteiger partial charge is 0.460 e. The van der Waals surface area contributed by atoms with Crippen LogP contribution >= 0.6 is 0 Å². The van der Waals surface area contributed by atoms with Crippen molar-refractivity contribution in [2.24, 2.45) is 0 Å². The van der Waals surface area contributed by atoms with E-state index in [0.717, 1.165) is 40.0 Å². The van der Waals surface area contributed by atoms with E-state index in [1.54, 1.807) is 24.3 Å². The third kappa shape index (κ3) is 19.2. The first-order valence-corrected chi connectivity index (χ1v) is 21.3. The zero-order valence-corrected chi connectivity index (χ0v) is 38.1. The van der Waals surface area contributed by atoms with Crippen LogP contribution in [-0.2, 0) is 52.3 Å². The van der Waals surface area contributed by atoms with Gasteiger partial charge in [0.2, 0.25) is 0 Å². The molecule has 0 radical (unpaired) electrons. The fourth-order valence-electron chi connectivity index (χ4n) is 5.96. The van der Waals surface area contributed by atoms with Crippen LogP contribution in [0, 0.1) is 6.92 Å². The molecule has 5 rings (SSSR count). The zero-order chi connectivity index (χ0) is 49.1. The second kappa shape index (κ2) is 29.3. The summed E-state index contributed by atoms with van der Waals surface area (Å²) in [4.78, 5) is 69.1. The van der Waals surface area contributed by atoms with E-state index in [1.807, 2.05) is 50.2 Å².